The lowest BCUT2D eigenvalue weighted by atomic mass is 9.98. The number of alkyl carbamates (subject to hydrolysis) is 1. The van der Waals surface area contributed by atoms with Crippen molar-refractivity contribution in [3.05, 3.63) is 77.5 Å². The quantitative estimate of drug-likeness (QED) is 0.556. The topological polar surface area (TPSA) is 122 Å². The number of rotatable bonds is 6. The fourth-order valence-electron chi connectivity index (χ4n) is 4.94. The molecule has 0 bridgehead atoms. The van der Waals surface area contributed by atoms with Crippen LogP contribution < -0.4 is 5.32 Å². The van der Waals surface area contributed by atoms with Crippen molar-refractivity contribution in [2.24, 2.45) is 0 Å². The van der Waals surface area contributed by atoms with Crippen molar-refractivity contribution in [1.82, 2.24) is 15.2 Å². The summed E-state index contributed by atoms with van der Waals surface area (Å²) in [6.45, 7) is 0.390. The van der Waals surface area contributed by atoms with Gasteiger partial charge in [-0.25, -0.2) is 14.6 Å². The number of amides is 2. The third kappa shape index (κ3) is 4.37. The average molecular weight is 476 g/mol. The summed E-state index contributed by atoms with van der Waals surface area (Å²) < 4.78 is 10.8. The molecule has 35 heavy (non-hydrogen) atoms. The number of hydrogen-bond donors (Lipinski definition) is 2. The van der Waals surface area contributed by atoms with Gasteiger partial charge in [0.05, 0.1) is 6.54 Å². The van der Waals surface area contributed by atoms with E-state index < -0.39 is 24.0 Å². The van der Waals surface area contributed by atoms with Crippen LogP contribution in [0, 0.1) is 0 Å². The summed E-state index contributed by atoms with van der Waals surface area (Å²) in [5.74, 6) is -1.48. The summed E-state index contributed by atoms with van der Waals surface area (Å²) >= 11 is 0. The lowest BCUT2D eigenvalue weighted by Crippen LogP contribution is -2.48. The summed E-state index contributed by atoms with van der Waals surface area (Å²) in [7, 11) is 0. The van der Waals surface area contributed by atoms with Gasteiger partial charge < -0.3 is 24.5 Å². The Balaban J connectivity index is 1.21. The second-order valence-corrected chi connectivity index (χ2v) is 8.65. The van der Waals surface area contributed by atoms with Gasteiger partial charge in [0.15, 0.2) is 17.8 Å². The molecular weight excluding hydrogens is 450 g/mol. The molecule has 1 saturated heterocycles. The molecule has 1 aliphatic heterocycles. The SMILES string of the molecule is O=C(NCc1ocnc1C(=O)N1CCCC[C@H]1C(=O)O)OCC1c2ccccc2-c2ccccc21. The molecule has 180 valence electrons. The Kier molecular flexibility index (Phi) is 6.22. The molecule has 2 N–H and O–H groups in total. The molecule has 1 aromatic heterocycles. The van der Waals surface area contributed by atoms with Crippen LogP contribution in [0.15, 0.2) is 59.3 Å². The van der Waals surface area contributed by atoms with Gasteiger partial charge in [-0.05, 0) is 41.5 Å². The Bertz CT molecular complexity index is 1220. The Morgan fingerprint density at radius 2 is 1.74 bits per heavy atom. The number of nitrogens with zero attached hydrogens (tertiary/aromatic N) is 2. The molecule has 2 aromatic carbocycles. The van der Waals surface area contributed by atoms with E-state index in [4.69, 9.17) is 9.15 Å². The molecule has 5 rings (SSSR count). The number of carboxylic acids is 1. The smallest absolute Gasteiger partial charge is 0.407 e. The van der Waals surface area contributed by atoms with Crippen LogP contribution in [0.2, 0.25) is 0 Å². The van der Waals surface area contributed by atoms with E-state index in [2.05, 4.69) is 22.4 Å². The third-order valence-corrected chi connectivity index (χ3v) is 6.63. The van der Waals surface area contributed by atoms with Crippen LogP contribution in [0.5, 0.6) is 0 Å². The molecule has 2 amide bonds. The fourth-order valence-corrected chi connectivity index (χ4v) is 4.94. The molecule has 1 atom stereocenters. The normalized spacial score (nSPS) is 16.9. The molecule has 2 heterocycles. The first-order valence-corrected chi connectivity index (χ1v) is 11.6. The van der Waals surface area contributed by atoms with Crippen LogP contribution in [0.3, 0.4) is 0 Å². The maximum absolute atomic E-state index is 13.0. The highest BCUT2D eigenvalue weighted by Crippen LogP contribution is 2.44. The standard InChI is InChI=1S/C26H25N3O6/c30-24(29-12-6-5-11-21(29)25(31)32)23-22(35-15-28-23)13-27-26(33)34-14-20-18-9-3-1-7-16(18)17-8-2-4-10-19(17)20/h1-4,7-10,15,20-21H,5-6,11-14H2,(H,27,33)(H,31,32)/t21-/m0/s1. The van der Waals surface area contributed by atoms with Crippen molar-refractivity contribution >= 4 is 18.0 Å². The van der Waals surface area contributed by atoms with Crippen LogP contribution in [0.25, 0.3) is 11.1 Å². The van der Waals surface area contributed by atoms with Crippen molar-refractivity contribution in [3.63, 3.8) is 0 Å². The van der Waals surface area contributed by atoms with Gasteiger partial charge in [-0.3, -0.25) is 4.79 Å². The number of aromatic nitrogens is 1. The first-order valence-electron chi connectivity index (χ1n) is 11.6. The lowest BCUT2D eigenvalue weighted by molar-refractivity contribution is -0.143. The van der Waals surface area contributed by atoms with Gasteiger partial charge in [-0.1, -0.05) is 48.5 Å². The molecule has 1 aliphatic carbocycles. The first kappa shape index (κ1) is 22.6. The Morgan fingerprint density at radius 3 is 2.43 bits per heavy atom. The minimum Gasteiger partial charge on any atom is -0.480 e. The van der Waals surface area contributed by atoms with E-state index in [9.17, 15) is 19.5 Å². The van der Waals surface area contributed by atoms with Crippen molar-refractivity contribution in [2.75, 3.05) is 13.2 Å². The van der Waals surface area contributed by atoms with E-state index in [1.54, 1.807) is 0 Å². The maximum atomic E-state index is 13.0. The van der Waals surface area contributed by atoms with E-state index in [0.29, 0.717) is 13.0 Å². The molecule has 0 unspecified atom stereocenters. The van der Waals surface area contributed by atoms with Gasteiger partial charge in [0, 0.05) is 12.5 Å². The highest BCUT2D eigenvalue weighted by atomic mass is 16.5. The van der Waals surface area contributed by atoms with Gasteiger partial charge in [-0.15, -0.1) is 0 Å². The number of ether oxygens (including phenoxy) is 1. The number of hydrogen-bond acceptors (Lipinski definition) is 6. The van der Waals surface area contributed by atoms with Gasteiger partial charge in [-0.2, -0.15) is 0 Å². The number of piperidine rings is 1. The molecule has 9 heteroatoms. The zero-order valence-corrected chi connectivity index (χ0v) is 19.0. The number of aliphatic carboxylic acids is 1. The molecule has 9 nitrogen and oxygen atoms in total. The predicted molar refractivity (Wildman–Crippen MR) is 125 cm³/mol. The van der Waals surface area contributed by atoms with E-state index in [-0.39, 0.29) is 30.5 Å². The van der Waals surface area contributed by atoms with Crippen molar-refractivity contribution in [3.8, 4) is 11.1 Å². The molecule has 0 radical (unpaired) electrons. The van der Waals surface area contributed by atoms with Crippen LogP contribution in [0.4, 0.5) is 4.79 Å². The fraction of sp³-hybridized carbons (Fsp3) is 0.308. The summed E-state index contributed by atoms with van der Waals surface area (Å²) in [5.41, 5.74) is 4.49. The average Bonchev–Trinajstić information content (AvgIpc) is 3.48. The summed E-state index contributed by atoms with van der Waals surface area (Å²) in [6, 6.07) is 15.2. The number of oxazole rings is 1. The second kappa shape index (κ2) is 9.61. The van der Waals surface area contributed by atoms with Crippen LogP contribution in [-0.4, -0.2) is 52.2 Å². The van der Waals surface area contributed by atoms with E-state index >= 15 is 0 Å². The molecule has 0 saturated carbocycles. The highest BCUT2D eigenvalue weighted by molar-refractivity contribution is 5.96. The number of benzene rings is 2. The summed E-state index contributed by atoms with van der Waals surface area (Å²) in [4.78, 5) is 42.3. The molecular formula is C26H25N3O6. The minimum atomic E-state index is -1.04. The van der Waals surface area contributed by atoms with E-state index in [1.807, 2.05) is 36.4 Å². The van der Waals surface area contributed by atoms with Crippen LogP contribution >= 0.6 is 0 Å². The third-order valence-electron chi connectivity index (χ3n) is 6.63. The minimum absolute atomic E-state index is 0.00269. The van der Waals surface area contributed by atoms with Gasteiger partial charge in [0.1, 0.15) is 12.6 Å². The molecule has 3 aromatic rings. The zero-order chi connectivity index (χ0) is 24.4. The first-order chi connectivity index (χ1) is 17.0. The Labute approximate surface area is 201 Å². The lowest BCUT2D eigenvalue weighted by Gasteiger charge is -2.32. The number of carbonyl (C=O) groups excluding carboxylic acids is 2. The van der Waals surface area contributed by atoms with Crippen LogP contribution in [-0.2, 0) is 16.1 Å². The van der Waals surface area contributed by atoms with Gasteiger partial charge in [0.25, 0.3) is 5.91 Å². The van der Waals surface area contributed by atoms with Gasteiger partial charge in [0.2, 0.25) is 0 Å². The second-order valence-electron chi connectivity index (χ2n) is 8.65. The summed E-state index contributed by atoms with van der Waals surface area (Å²) in [5, 5.41) is 12.1. The number of carboxylic acid groups (broad SMARTS) is 1. The number of likely N-dealkylation sites (tertiary alicyclic amines) is 1. The van der Waals surface area contributed by atoms with Gasteiger partial charge >= 0.3 is 12.1 Å². The largest absolute Gasteiger partial charge is 0.480 e. The number of nitrogens with one attached hydrogen (secondary N) is 1. The predicted octanol–water partition coefficient (Wildman–Crippen LogP) is 3.79. The zero-order valence-electron chi connectivity index (χ0n) is 19.0. The number of carbonyl (C=O) groups is 3. The van der Waals surface area contributed by atoms with Crippen molar-refractivity contribution < 1.29 is 28.6 Å². The van der Waals surface area contributed by atoms with E-state index in [0.717, 1.165) is 41.5 Å². The summed E-state index contributed by atoms with van der Waals surface area (Å²) in [6.07, 6.45) is 2.33. The molecule has 0 spiro atoms. The monoisotopic (exact) mass is 475 g/mol. The molecule has 2 aliphatic rings. The van der Waals surface area contributed by atoms with Crippen molar-refractivity contribution in [2.45, 2.75) is 37.8 Å². The molecule has 1 fully saturated rings. The Morgan fingerprint density at radius 1 is 1.06 bits per heavy atom. The van der Waals surface area contributed by atoms with E-state index in [1.165, 1.54) is 4.90 Å². The maximum Gasteiger partial charge on any atom is 0.407 e. The highest BCUT2D eigenvalue weighted by Gasteiger charge is 2.35. The Hall–Kier alpha value is -4.14. The van der Waals surface area contributed by atoms with Crippen molar-refractivity contribution in [1.29, 1.82) is 0 Å². The number of fused-ring (bicyclic) bond motifs is 3. The van der Waals surface area contributed by atoms with Crippen LogP contribution in [0.1, 0.15) is 52.6 Å².